The molecule has 6 nitrogen and oxygen atoms in total. The molecular weight excluding hydrogens is 308 g/mol. The van der Waals surface area contributed by atoms with Crippen LogP contribution in [0.1, 0.15) is 0 Å². The van der Waals surface area contributed by atoms with E-state index in [1.54, 1.807) is 0 Å². The maximum Gasteiger partial charge on any atom is 0.324 e. The van der Waals surface area contributed by atoms with Gasteiger partial charge in [-0.15, -0.1) is 4.98 Å². The van der Waals surface area contributed by atoms with Gasteiger partial charge in [0.15, 0.2) is 0 Å². The summed E-state index contributed by atoms with van der Waals surface area (Å²) < 4.78 is 11.0. The zero-order chi connectivity index (χ0) is 9.84. The monoisotopic (exact) mass is 312 g/mol. The molecule has 13 heavy (non-hydrogen) atoms. The van der Waals surface area contributed by atoms with E-state index in [0.29, 0.717) is 5.95 Å². The minimum absolute atomic E-state index is 0.186. The lowest BCUT2D eigenvalue weighted by Gasteiger charge is -2.06. The lowest BCUT2D eigenvalue weighted by Crippen LogP contribution is -2.04. The fourth-order valence-electron chi connectivity index (χ4n) is 0.586. The molecule has 0 spiro atoms. The van der Waals surface area contributed by atoms with Crippen molar-refractivity contribution in [3.8, 4) is 12.0 Å². The van der Waals surface area contributed by atoms with Crippen LogP contribution < -0.4 is 12.4 Å². The molecule has 0 aliphatic carbocycles. The Balaban J connectivity index is 3.07. The van der Waals surface area contributed by atoms with Gasteiger partial charge in [0.2, 0.25) is 0 Å². The molecule has 0 N–H and O–H groups in total. The van der Waals surface area contributed by atoms with Crippen LogP contribution in [0.4, 0.5) is 5.95 Å². The molecule has 1 aromatic heterocycles. The van der Waals surface area contributed by atoms with E-state index < -0.39 is 0 Å². The summed E-state index contributed by atoms with van der Waals surface area (Å²) in [4.78, 5) is 11.6. The molecular formula is C5H6Br2N4O2. The van der Waals surface area contributed by atoms with Crippen molar-refractivity contribution >= 4 is 38.2 Å². The molecule has 1 heterocycles. The van der Waals surface area contributed by atoms with Crippen LogP contribution in [0.5, 0.6) is 12.0 Å². The van der Waals surface area contributed by atoms with Gasteiger partial charge in [-0.2, -0.15) is 9.97 Å². The Hall–Kier alpha value is -0.630. The van der Waals surface area contributed by atoms with Gasteiger partial charge in [-0.05, 0) is 0 Å². The molecule has 72 valence electrons. The lowest BCUT2D eigenvalue weighted by atomic mass is 10.9. The van der Waals surface area contributed by atoms with Crippen LogP contribution in [-0.4, -0.2) is 29.2 Å². The Kier molecular flexibility index (Phi) is 3.67. The topological polar surface area (TPSA) is 60.4 Å². The highest BCUT2D eigenvalue weighted by atomic mass is 79.9. The largest absolute Gasteiger partial charge is 0.467 e. The highest BCUT2D eigenvalue weighted by Crippen LogP contribution is 2.20. The minimum atomic E-state index is 0.186. The summed E-state index contributed by atoms with van der Waals surface area (Å²) in [5, 5.41) is 0. The summed E-state index contributed by atoms with van der Waals surface area (Å²) in [6.45, 7) is 0. The SMILES string of the molecule is COc1nc(OC)nc(N(Br)Br)n1. The van der Waals surface area contributed by atoms with Gasteiger partial charge in [-0.1, -0.05) is 0 Å². The Morgan fingerprint density at radius 1 is 1.00 bits per heavy atom. The van der Waals surface area contributed by atoms with Gasteiger partial charge < -0.3 is 9.47 Å². The maximum atomic E-state index is 4.84. The highest BCUT2D eigenvalue weighted by molar-refractivity contribution is 9.25. The Labute approximate surface area is 92.0 Å². The average Bonchev–Trinajstić information content (AvgIpc) is 2.16. The van der Waals surface area contributed by atoms with Crippen LogP contribution in [0.15, 0.2) is 0 Å². The van der Waals surface area contributed by atoms with E-state index >= 15 is 0 Å². The number of hydrogen-bond donors (Lipinski definition) is 0. The first-order valence-corrected chi connectivity index (χ1v) is 4.55. The van der Waals surface area contributed by atoms with Gasteiger partial charge in [-0.3, -0.25) is 0 Å². The van der Waals surface area contributed by atoms with Crippen LogP contribution in [0.25, 0.3) is 0 Å². The van der Waals surface area contributed by atoms with E-state index in [9.17, 15) is 0 Å². The van der Waals surface area contributed by atoms with Crippen molar-refractivity contribution in [1.82, 2.24) is 15.0 Å². The Morgan fingerprint density at radius 2 is 1.46 bits per heavy atom. The summed E-state index contributed by atoms with van der Waals surface area (Å²) in [7, 11) is 2.93. The van der Waals surface area contributed by atoms with E-state index in [1.165, 1.54) is 17.2 Å². The van der Waals surface area contributed by atoms with Crippen LogP contribution in [0, 0.1) is 0 Å². The van der Waals surface area contributed by atoms with E-state index in [2.05, 4.69) is 47.2 Å². The van der Waals surface area contributed by atoms with Crippen LogP contribution in [0.3, 0.4) is 0 Å². The number of aromatic nitrogens is 3. The minimum Gasteiger partial charge on any atom is -0.467 e. The number of anilines is 1. The molecule has 0 aliphatic rings. The molecule has 0 radical (unpaired) electrons. The molecule has 0 fully saturated rings. The van der Waals surface area contributed by atoms with E-state index in [4.69, 9.17) is 9.47 Å². The number of methoxy groups -OCH3 is 2. The van der Waals surface area contributed by atoms with Gasteiger partial charge in [0.1, 0.15) is 0 Å². The predicted octanol–water partition coefficient (Wildman–Crippen LogP) is 1.31. The third kappa shape index (κ3) is 2.66. The summed E-state index contributed by atoms with van der Waals surface area (Å²) >= 11 is 6.19. The molecule has 0 amide bonds. The molecule has 0 aromatic carbocycles. The summed E-state index contributed by atoms with van der Waals surface area (Å²) in [5.74, 6) is 0.337. The molecule has 0 saturated carbocycles. The summed E-state index contributed by atoms with van der Waals surface area (Å²) in [6, 6.07) is 0.372. The number of rotatable bonds is 3. The van der Waals surface area contributed by atoms with Crippen molar-refractivity contribution in [2.75, 3.05) is 17.2 Å². The molecule has 0 unspecified atom stereocenters. The molecule has 1 rings (SSSR count). The Bertz CT molecular complexity index is 274. The zero-order valence-electron chi connectivity index (χ0n) is 6.86. The molecule has 0 aliphatic heterocycles. The first-order valence-electron chi connectivity index (χ1n) is 3.13. The first-order chi connectivity index (χ1) is 6.17. The third-order valence-corrected chi connectivity index (χ3v) is 1.73. The van der Waals surface area contributed by atoms with Crippen molar-refractivity contribution in [2.24, 2.45) is 0 Å². The predicted molar refractivity (Wildman–Crippen MR) is 53.3 cm³/mol. The molecule has 0 saturated heterocycles. The van der Waals surface area contributed by atoms with E-state index in [0.717, 1.165) is 0 Å². The van der Waals surface area contributed by atoms with E-state index in [1.807, 2.05) is 0 Å². The fraction of sp³-hybridized carbons (Fsp3) is 0.400. The first kappa shape index (κ1) is 10.5. The van der Waals surface area contributed by atoms with Crippen LogP contribution in [0.2, 0.25) is 0 Å². The van der Waals surface area contributed by atoms with Gasteiger partial charge in [0.25, 0.3) is 5.95 Å². The van der Waals surface area contributed by atoms with Crippen LogP contribution >= 0.6 is 32.3 Å². The standard InChI is InChI=1S/C5H6Br2N4O2/c1-12-4-8-3(11(6)7)9-5(10-4)13-2/h1-2H3. The number of nitrogens with zero attached hydrogens (tertiary/aromatic N) is 4. The molecule has 0 bridgehead atoms. The Morgan fingerprint density at radius 3 is 1.77 bits per heavy atom. The third-order valence-electron chi connectivity index (χ3n) is 1.10. The van der Waals surface area contributed by atoms with Gasteiger partial charge >= 0.3 is 12.0 Å². The van der Waals surface area contributed by atoms with Gasteiger partial charge in [0.05, 0.1) is 46.5 Å². The fourth-order valence-corrected chi connectivity index (χ4v) is 0.903. The van der Waals surface area contributed by atoms with Gasteiger partial charge in [0, 0.05) is 0 Å². The second-order valence-corrected chi connectivity index (χ2v) is 4.21. The molecule has 0 atom stereocenters. The highest BCUT2D eigenvalue weighted by Gasteiger charge is 2.09. The smallest absolute Gasteiger partial charge is 0.324 e. The average molecular weight is 314 g/mol. The van der Waals surface area contributed by atoms with Crippen molar-refractivity contribution in [3.05, 3.63) is 0 Å². The number of hydrogen-bond acceptors (Lipinski definition) is 6. The number of ether oxygens (including phenoxy) is 2. The number of halogens is 2. The second-order valence-electron chi connectivity index (χ2n) is 1.84. The van der Waals surface area contributed by atoms with Crippen molar-refractivity contribution in [3.63, 3.8) is 0 Å². The van der Waals surface area contributed by atoms with Crippen molar-refractivity contribution in [2.45, 2.75) is 0 Å². The van der Waals surface area contributed by atoms with Crippen molar-refractivity contribution < 1.29 is 9.47 Å². The van der Waals surface area contributed by atoms with Gasteiger partial charge in [-0.25, -0.2) is 2.95 Å². The van der Waals surface area contributed by atoms with E-state index in [-0.39, 0.29) is 12.0 Å². The van der Waals surface area contributed by atoms with Crippen LogP contribution in [-0.2, 0) is 0 Å². The normalized spacial score (nSPS) is 9.54. The zero-order valence-corrected chi connectivity index (χ0v) is 10.0. The summed E-state index contributed by atoms with van der Waals surface area (Å²) in [5.41, 5.74) is 0. The second kappa shape index (κ2) is 4.56. The lowest BCUT2D eigenvalue weighted by molar-refractivity contribution is 0.341. The van der Waals surface area contributed by atoms with Crippen molar-refractivity contribution in [1.29, 1.82) is 0 Å². The quantitative estimate of drug-likeness (QED) is 0.784. The molecule has 1 aromatic rings. The maximum absolute atomic E-state index is 4.84. The molecule has 8 heteroatoms. The summed E-state index contributed by atoms with van der Waals surface area (Å²) in [6.07, 6.45) is 0.